The Balaban J connectivity index is 2.54. The molecule has 0 spiro atoms. The molecule has 4 atom stereocenters. The molecule has 0 saturated carbocycles. The molecule has 6 heteroatoms. The van der Waals surface area contributed by atoms with E-state index in [4.69, 9.17) is 9.84 Å². The van der Waals surface area contributed by atoms with Gasteiger partial charge in [-0.1, -0.05) is 20.3 Å². The molecule has 1 fully saturated rings. The zero-order valence-corrected chi connectivity index (χ0v) is 11.1. The van der Waals surface area contributed by atoms with Crippen LogP contribution in [0.15, 0.2) is 0 Å². The van der Waals surface area contributed by atoms with Crippen LogP contribution < -0.4 is 10.6 Å². The fourth-order valence-corrected chi connectivity index (χ4v) is 2.02. The number of hydrogen-bond acceptors (Lipinski definition) is 4. The van der Waals surface area contributed by atoms with Gasteiger partial charge in [-0.25, -0.2) is 4.79 Å². The summed E-state index contributed by atoms with van der Waals surface area (Å²) in [4.78, 5) is 23.1. The van der Waals surface area contributed by atoms with Crippen LogP contribution in [0.3, 0.4) is 0 Å². The molecule has 0 bridgehead atoms. The third kappa shape index (κ3) is 3.68. The van der Waals surface area contributed by atoms with Crippen LogP contribution in [0.5, 0.6) is 0 Å². The van der Waals surface area contributed by atoms with Gasteiger partial charge in [0.05, 0.1) is 12.1 Å². The topological polar surface area (TPSA) is 87.7 Å². The zero-order chi connectivity index (χ0) is 13.7. The molecule has 1 saturated heterocycles. The number of carboxylic acid groups (broad SMARTS) is 1. The molecule has 1 amide bonds. The van der Waals surface area contributed by atoms with E-state index in [0.29, 0.717) is 19.4 Å². The first-order chi connectivity index (χ1) is 8.49. The van der Waals surface area contributed by atoms with Gasteiger partial charge in [0.15, 0.2) is 0 Å². The molecule has 3 unspecified atom stereocenters. The Bertz CT molecular complexity index is 308. The van der Waals surface area contributed by atoms with Gasteiger partial charge in [-0.3, -0.25) is 4.79 Å². The van der Waals surface area contributed by atoms with Gasteiger partial charge < -0.3 is 20.5 Å². The van der Waals surface area contributed by atoms with Crippen molar-refractivity contribution in [1.82, 2.24) is 10.6 Å². The van der Waals surface area contributed by atoms with E-state index in [1.165, 1.54) is 0 Å². The molecule has 0 aromatic heterocycles. The van der Waals surface area contributed by atoms with Gasteiger partial charge in [0.1, 0.15) is 6.04 Å². The molecule has 0 aromatic carbocycles. The molecule has 1 aliphatic rings. The number of ether oxygens (including phenoxy) is 1. The number of aliphatic carboxylic acids is 1. The van der Waals surface area contributed by atoms with Crippen molar-refractivity contribution >= 4 is 11.9 Å². The van der Waals surface area contributed by atoms with Gasteiger partial charge in [-0.15, -0.1) is 0 Å². The van der Waals surface area contributed by atoms with Crippen LogP contribution in [0.25, 0.3) is 0 Å². The lowest BCUT2D eigenvalue weighted by Crippen LogP contribution is -2.50. The minimum absolute atomic E-state index is 0.0210. The molecular formula is C12H22N2O4. The van der Waals surface area contributed by atoms with Crippen molar-refractivity contribution < 1.29 is 19.4 Å². The van der Waals surface area contributed by atoms with Crippen LogP contribution in [0.2, 0.25) is 0 Å². The van der Waals surface area contributed by atoms with Crippen molar-refractivity contribution in [2.75, 3.05) is 13.7 Å². The minimum atomic E-state index is -0.987. The fourth-order valence-electron chi connectivity index (χ4n) is 2.02. The maximum Gasteiger partial charge on any atom is 0.326 e. The average Bonchev–Trinajstić information content (AvgIpc) is 2.83. The maximum atomic E-state index is 11.9. The first kappa shape index (κ1) is 14.9. The average molecular weight is 258 g/mol. The first-order valence-corrected chi connectivity index (χ1v) is 6.28. The maximum absolute atomic E-state index is 11.9. The number of nitrogens with one attached hydrogen (secondary N) is 2. The Morgan fingerprint density at radius 3 is 2.67 bits per heavy atom. The molecule has 1 rings (SSSR count). The monoisotopic (exact) mass is 258 g/mol. The number of carbonyl (C=O) groups is 2. The van der Waals surface area contributed by atoms with Gasteiger partial charge in [0, 0.05) is 13.7 Å². The third-order valence-electron chi connectivity index (χ3n) is 3.52. The predicted molar refractivity (Wildman–Crippen MR) is 66.2 cm³/mol. The summed E-state index contributed by atoms with van der Waals surface area (Å²) < 4.78 is 5.15. The normalized spacial score (nSPS) is 26.6. The highest BCUT2D eigenvalue weighted by atomic mass is 16.5. The fraction of sp³-hybridized carbons (Fsp3) is 0.833. The van der Waals surface area contributed by atoms with Crippen molar-refractivity contribution in [3.05, 3.63) is 0 Å². The number of carbonyl (C=O) groups excluding carboxylic acids is 1. The molecular weight excluding hydrogens is 236 g/mol. The van der Waals surface area contributed by atoms with E-state index in [-0.39, 0.29) is 24.0 Å². The quantitative estimate of drug-likeness (QED) is 0.623. The lowest BCUT2D eigenvalue weighted by molar-refractivity contribution is -0.143. The molecule has 0 radical (unpaired) electrons. The summed E-state index contributed by atoms with van der Waals surface area (Å²) in [6.45, 7) is 4.34. The summed E-state index contributed by atoms with van der Waals surface area (Å²) in [6, 6.07) is -1.19. The van der Waals surface area contributed by atoms with E-state index in [1.807, 2.05) is 13.8 Å². The molecule has 18 heavy (non-hydrogen) atoms. The van der Waals surface area contributed by atoms with Gasteiger partial charge in [-0.2, -0.15) is 0 Å². The number of methoxy groups -OCH3 is 1. The Morgan fingerprint density at radius 1 is 1.56 bits per heavy atom. The lowest BCUT2D eigenvalue weighted by atomic mass is 9.99. The summed E-state index contributed by atoms with van der Waals surface area (Å²) in [7, 11) is 1.60. The molecule has 1 aliphatic heterocycles. The molecule has 104 valence electrons. The number of rotatable bonds is 6. The highest BCUT2D eigenvalue weighted by molar-refractivity contribution is 5.87. The largest absolute Gasteiger partial charge is 0.480 e. The van der Waals surface area contributed by atoms with Crippen LogP contribution >= 0.6 is 0 Å². The Labute approximate surface area is 107 Å². The summed E-state index contributed by atoms with van der Waals surface area (Å²) in [5.74, 6) is -1.34. The Morgan fingerprint density at radius 2 is 2.22 bits per heavy atom. The molecule has 0 aliphatic carbocycles. The highest BCUT2D eigenvalue weighted by Crippen LogP contribution is 2.12. The zero-order valence-electron chi connectivity index (χ0n) is 11.1. The van der Waals surface area contributed by atoms with Crippen molar-refractivity contribution in [2.24, 2.45) is 5.92 Å². The highest BCUT2D eigenvalue weighted by Gasteiger charge is 2.33. The summed E-state index contributed by atoms with van der Waals surface area (Å²) in [5, 5.41) is 14.7. The van der Waals surface area contributed by atoms with Crippen molar-refractivity contribution in [1.29, 1.82) is 0 Å². The van der Waals surface area contributed by atoms with Crippen LogP contribution in [0.4, 0.5) is 0 Å². The van der Waals surface area contributed by atoms with E-state index in [2.05, 4.69) is 10.6 Å². The predicted octanol–water partition coefficient (Wildman–Crippen LogP) is -0.0212. The second-order valence-electron chi connectivity index (χ2n) is 4.76. The van der Waals surface area contributed by atoms with Crippen molar-refractivity contribution in [3.8, 4) is 0 Å². The summed E-state index contributed by atoms with van der Waals surface area (Å²) in [5.41, 5.74) is 0. The second kappa shape index (κ2) is 6.70. The molecule has 1 heterocycles. The molecule has 0 aromatic rings. The van der Waals surface area contributed by atoms with Crippen LogP contribution in [-0.2, 0) is 14.3 Å². The Kier molecular flexibility index (Phi) is 5.55. The van der Waals surface area contributed by atoms with Gasteiger partial charge >= 0.3 is 5.97 Å². The van der Waals surface area contributed by atoms with E-state index in [0.717, 1.165) is 0 Å². The first-order valence-electron chi connectivity index (χ1n) is 6.28. The lowest BCUT2D eigenvalue weighted by Gasteiger charge is -2.22. The van der Waals surface area contributed by atoms with E-state index < -0.39 is 12.0 Å². The third-order valence-corrected chi connectivity index (χ3v) is 3.52. The van der Waals surface area contributed by atoms with Gasteiger partial charge in [-0.05, 0) is 12.3 Å². The van der Waals surface area contributed by atoms with E-state index >= 15 is 0 Å². The summed E-state index contributed by atoms with van der Waals surface area (Å²) >= 11 is 0. The van der Waals surface area contributed by atoms with Crippen molar-refractivity contribution in [3.63, 3.8) is 0 Å². The smallest absolute Gasteiger partial charge is 0.326 e. The number of amides is 1. The number of carboxylic acids is 1. The SMILES string of the molecule is CCC(C)[C@H](NC(=O)C1CC(OC)CN1)C(=O)O. The van der Waals surface area contributed by atoms with Gasteiger partial charge in [0.2, 0.25) is 5.91 Å². The Hall–Kier alpha value is -1.14. The van der Waals surface area contributed by atoms with Crippen molar-refractivity contribution in [2.45, 2.75) is 44.9 Å². The molecule has 3 N–H and O–H groups in total. The van der Waals surface area contributed by atoms with Crippen LogP contribution in [0.1, 0.15) is 26.7 Å². The minimum Gasteiger partial charge on any atom is -0.480 e. The summed E-state index contributed by atoms with van der Waals surface area (Å²) in [6.07, 6.45) is 1.30. The van der Waals surface area contributed by atoms with E-state index in [1.54, 1.807) is 7.11 Å². The number of hydrogen-bond donors (Lipinski definition) is 3. The van der Waals surface area contributed by atoms with Gasteiger partial charge in [0.25, 0.3) is 0 Å². The van der Waals surface area contributed by atoms with Crippen LogP contribution in [-0.4, -0.2) is 48.8 Å². The molecule has 6 nitrogen and oxygen atoms in total. The second-order valence-corrected chi connectivity index (χ2v) is 4.76. The standard InChI is InChI=1S/C12H22N2O4/c1-4-7(2)10(12(16)17)14-11(15)9-5-8(18-3)6-13-9/h7-10,13H,4-6H2,1-3H3,(H,14,15)(H,16,17)/t7?,8?,9?,10-/m0/s1. The van der Waals surface area contributed by atoms with E-state index in [9.17, 15) is 9.59 Å². The van der Waals surface area contributed by atoms with Crippen LogP contribution in [0, 0.1) is 5.92 Å².